The summed E-state index contributed by atoms with van der Waals surface area (Å²) in [5.74, 6) is 0.784. The summed E-state index contributed by atoms with van der Waals surface area (Å²) in [7, 11) is 0. The van der Waals surface area contributed by atoms with Crippen molar-refractivity contribution >= 4 is 11.6 Å². The summed E-state index contributed by atoms with van der Waals surface area (Å²) >= 11 is 6.19. The van der Waals surface area contributed by atoms with Gasteiger partial charge in [-0.2, -0.15) is 0 Å². The molecule has 1 aromatic rings. The van der Waals surface area contributed by atoms with Crippen LogP contribution in [0.3, 0.4) is 0 Å². The highest BCUT2D eigenvalue weighted by molar-refractivity contribution is 6.32. The van der Waals surface area contributed by atoms with E-state index in [1.165, 1.54) is 0 Å². The summed E-state index contributed by atoms with van der Waals surface area (Å²) in [6.07, 6.45) is 2.32. The van der Waals surface area contributed by atoms with Gasteiger partial charge in [-0.1, -0.05) is 44.9 Å². The second-order valence-corrected chi connectivity index (χ2v) is 5.43. The maximum absolute atomic E-state index is 6.19. The SMILES string of the molecule is CCCC(CNC(C)C)Oc1ccc(C)cc1Cl. The van der Waals surface area contributed by atoms with Gasteiger partial charge in [0.25, 0.3) is 0 Å². The molecule has 0 radical (unpaired) electrons. The molecular weight excluding hydrogens is 246 g/mol. The smallest absolute Gasteiger partial charge is 0.138 e. The minimum Gasteiger partial charge on any atom is -0.488 e. The first-order valence-electron chi connectivity index (χ1n) is 6.69. The topological polar surface area (TPSA) is 21.3 Å². The molecule has 0 spiro atoms. The van der Waals surface area contributed by atoms with Crippen molar-refractivity contribution in [3.05, 3.63) is 28.8 Å². The first kappa shape index (κ1) is 15.3. The van der Waals surface area contributed by atoms with E-state index in [1.54, 1.807) is 0 Å². The van der Waals surface area contributed by atoms with Crippen LogP contribution >= 0.6 is 11.6 Å². The normalized spacial score (nSPS) is 12.8. The third kappa shape index (κ3) is 5.28. The Labute approximate surface area is 116 Å². The molecule has 1 aromatic carbocycles. The molecule has 0 heterocycles. The molecule has 18 heavy (non-hydrogen) atoms. The molecule has 3 heteroatoms. The molecule has 0 aliphatic carbocycles. The number of hydrogen-bond donors (Lipinski definition) is 1. The molecule has 0 aliphatic rings. The van der Waals surface area contributed by atoms with Crippen LogP contribution in [0.1, 0.15) is 39.2 Å². The number of nitrogens with one attached hydrogen (secondary N) is 1. The Balaban J connectivity index is 2.64. The van der Waals surface area contributed by atoms with E-state index in [4.69, 9.17) is 16.3 Å². The lowest BCUT2D eigenvalue weighted by atomic mass is 10.2. The lowest BCUT2D eigenvalue weighted by molar-refractivity contribution is 0.183. The second kappa shape index (κ2) is 7.65. The molecular formula is C15H24ClNO. The zero-order valence-corrected chi connectivity index (χ0v) is 12.6. The summed E-state index contributed by atoms with van der Waals surface area (Å²) in [4.78, 5) is 0. The lowest BCUT2D eigenvalue weighted by Gasteiger charge is -2.21. The third-order valence-corrected chi connectivity index (χ3v) is 3.04. The van der Waals surface area contributed by atoms with Gasteiger partial charge in [0.1, 0.15) is 11.9 Å². The van der Waals surface area contributed by atoms with E-state index >= 15 is 0 Å². The first-order valence-corrected chi connectivity index (χ1v) is 7.07. The number of hydrogen-bond acceptors (Lipinski definition) is 2. The second-order valence-electron chi connectivity index (χ2n) is 5.03. The summed E-state index contributed by atoms with van der Waals surface area (Å²) in [5, 5.41) is 4.11. The molecule has 1 N–H and O–H groups in total. The van der Waals surface area contributed by atoms with Crippen LogP contribution in [0.2, 0.25) is 5.02 Å². The van der Waals surface area contributed by atoms with Crippen molar-refractivity contribution in [3.63, 3.8) is 0 Å². The summed E-state index contributed by atoms with van der Waals surface area (Å²) in [6.45, 7) is 9.33. The number of aryl methyl sites for hydroxylation is 1. The van der Waals surface area contributed by atoms with Crippen LogP contribution < -0.4 is 10.1 Å². The fourth-order valence-corrected chi connectivity index (χ4v) is 2.05. The van der Waals surface area contributed by atoms with Gasteiger partial charge in [0, 0.05) is 12.6 Å². The van der Waals surface area contributed by atoms with Gasteiger partial charge in [0.2, 0.25) is 0 Å². The highest BCUT2D eigenvalue weighted by Crippen LogP contribution is 2.26. The van der Waals surface area contributed by atoms with Crippen molar-refractivity contribution in [3.8, 4) is 5.75 Å². The van der Waals surface area contributed by atoms with E-state index in [9.17, 15) is 0 Å². The standard InChI is InChI=1S/C15H24ClNO/c1-5-6-13(10-17-11(2)3)18-15-8-7-12(4)9-14(15)16/h7-9,11,13,17H,5-6,10H2,1-4H3. The van der Waals surface area contributed by atoms with Crippen molar-refractivity contribution in [2.75, 3.05) is 6.54 Å². The summed E-state index contributed by atoms with van der Waals surface area (Å²) < 4.78 is 6.00. The highest BCUT2D eigenvalue weighted by Gasteiger charge is 2.12. The molecule has 0 saturated carbocycles. The quantitative estimate of drug-likeness (QED) is 0.801. The predicted molar refractivity (Wildman–Crippen MR) is 78.7 cm³/mol. The minimum atomic E-state index is 0.178. The summed E-state index contributed by atoms with van der Waals surface area (Å²) in [6, 6.07) is 6.40. The molecule has 0 bridgehead atoms. The highest BCUT2D eigenvalue weighted by atomic mass is 35.5. The largest absolute Gasteiger partial charge is 0.488 e. The molecule has 0 fully saturated rings. The van der Waals surface area contributed by atoms with Crippen LogP contribution in [-0.4, -0.2) is 18.7 Å². The number of halogens is 1. The maximum Gasteiger partial charge on any atom is 0.138 e. The van der Waals surface area contributed by atoms with Gasteiger partial charge < -0.3 is 10.1 Å². The molecule has 2 nitrogen and oxygen atoms in total. The van der Waals surface area contributed by atoms with Crippen molar-refractivity contribution in [1.29, 1.82) is 0 Å². The Hall–Kier alpha value is -0.730. The van der Waals surface area contributed by atoms with Crippen LogP contribution in [0.15, 0.2) is 18.2 Å². The monoisotopic (exact) mass is 269 g/mol. The molecule has 0 amide bonds. The van der Waals surface area contributed by atoms with Crippen molar-refractivity contribution in [1.82, 2.24) is 5.32 Å². The molecule has 1 unspecified atom stereocenters. The van der Waals surface area contributed by atoms with Gasteiger partial charge in [0.05, 0.1) is 5.02 Å². The number of benzene rings is 1. The number of rotatable bonds is 7. The molecule has 102 valence electrons. The van der Waals surface area contributed by atoms with E-state index in [0.29, 0.717) is 11.1 Å². The Morgan fingerprint density at radius 3 is 2.61 bits per heavy atom. The van der Waals surface area contributed by atoms with Crippen molar-refractivity contribution < 1.29 is 4.74 Å². The molecule has 0 aliphatic heterocycles. The Kier molecular flexibility index (Phi) is 6.51. The van der Waals surface area contributed by atoms with E-state index < -0.39 is 0 Å². The Morgan fingerprint density at radius 1 is 1.33 bits per heavy atom. The maximum atomic E-state index is 6.19. The molecule has 1 rings (SSSR count). The van der Waals surface area contributed by atoms with Crippen LogP contribution in [0.25, 0.3) is 0 Å². The average Bonchev–Trinajstić information content (AvgIpc) is 2.29. The first-order chi connectivity index (χ1) is 8.52. The molecule has 0 aromatic heterocycles. The van der Waals surface area contributed by atoms with E-state index in [1.807, 2.05) is 25.1 Å². The third-order valence-electron chi connectivity index (χ3n) is 2.75. The van der Waals surface area contributed by atoms with E-state index in [0.717, 1.165) is 30.7 Å². The van der Waals surface area contributed by atoms with Gasteiger partial charge in [-0.05, 0) is 31.0 Å². The van der Waals surface area contributed by atoms with Crippen molar-refractivity contribution in [2.24, 2.45) is 0 Å². The van der Waals surface area contributed by atoms with Gasteiger partial charge in [-0.3, -0.25) is 0 Å². The van der Waals surface area contributed by atoms with E-state index in [2.05, 4.69) is 26.1 Å². The fraction of sp³-hybridized carbons (Fsp3) is 0.600. The van der Waals surface area contributed by atoms with E-state index in [-0.39, 0.29) is 6.10 Å². The van der Waals surface area contributed by atoms with Crippen LogP contribution in [0, 0.1) is 6.92 Å². The average molecular weight is 270 g/mol. The van der Waals surface area contributed by atoms with Gasteiger partial charge in [-0.25, -0.2) is 0 Å². The zero-order chi connectivity index (χ0) is 13.5. The van der Waals surface area contributed by atoms with Gasteiger partial charge in [-0.15, -0.1) is 0 Å². The Morgan fingerprint density at radius 2 is 2.06 bits per heavy atom. The van der Waals surface area contributed by atoms with Gasteiger partial charge in [0.15, 0.2) is 0 Å². The molecule has 0 saturated heterocycles. The lowest BCUT2D eigenvalue weighted by Crippen LogP contribution is -2.35. The molecule has 1 atom stereocenters. The Bertz CT molecular complexity index is 366. The van der Waals surface area contributed by atoms with Crippen LogP contribution in [-0.2, 0) is 0 Å². The summed E-state index contributed by atoms with van der Waals surface area (Å²) in [5.41, 5.74) is 1.15. The van der Waals surface area contributed by atoms with Crippen molar-refractivity contribution in [2.45, 2.75) is 52.7 Å². The number of ether oxygens (including phenoxy) is 1. The van der Waals surface area contributed by atoms with Gasteiger partial charge >= 0.3 is 0 Å². The fourth-order valence-electron chi connectivity index (χ4n) is 1.77. The minimum absolute atomic E-state index is 0.178. The predicted octanol–water partition coefficient (Wildman–Crippen LogP) is 4.19. The van der Waals surface area contributed by atoms with Crippen LogP contribution in [0.5, 0.6) is 5.75 Å². The van der Waals surface area contributed by atoms with Crippen LogP contribution in [0.4, 0.5) is 0 Å². The zero-order valence-electron chi connectivity index (χ0n) is 11.8.